The Labute approximate surface area is 99.2 Å². The quantitative estimate of drug-likeness (QED) is 0.716. The number of fused-ring (bicyclic) bond motifs is 3. The smallest absolute Gasteiger partial charge is 0.253 e. The first kappa shape index (κ1) is 10.1. The van der Waals surface area contributed by atoms with E-state index in [-0.39, 0.29) is 11.9 Å². The summed E-state index contributed by atoms with van der Waals surface area (Å²) in [6.45, 7) is 3.81. The van der Waals surface area contributed by atoms with E-state index < -0.39 is 0 Å². The van der Waals surface area contributed by atoms with Crippen molar-refractivity contribution in [1.82, 2.24) is 10.6 Å². The average Bonchev–Trinajstić information content (AvgIpc) is 2.70. The van der Waals surface area contributed by atoms with Crippen molar-refractivity contribution in [3.8, 4) is 0 Å². The van der Waals surface area contributed by atoms with Gasteiger partial charge < -0.3 is 10.6 Å². The van der Waals surface area contributed by atoms with Gasteiger partial charge in [-0.25, -0.2) is 0 Å². The van der Waals surface area contributed by atoms with Crippen LogP contribution in [0.5, 0.6) is 0 Å². The van der Waals surface area contributed by atoms with Gasteiger partial charge in [0, 0.05) is 25.0 Å². The fraction of sp³-hybridized carbons (Fsp3) is 0.417. The number of benzene rings is 1. The minimum Gasteiger partial charge on any atom is -0.347 e. The number of rotatable bonds is 0. The van der Waals surface area contributed by atoms with Crippen LogP contribution in [0.25, 0.3) is 0 Å². The molecule has 3 rings (SSSR count). The predicted molar refractivity (Wildman–Crippen MR) is 63.1 cm³/mol. The summed E-state index contributed by atoms with van der Waals surface area (Å²) < 4.78 is 0. The van der Waals surface area contributed by atoms with Crippen LogP contribution in [-0.4, -0.2) is 25.0 Å². The van der Waals surface area contributed by atoms with Crippen LogP contribution in [0.3, 0.4) is 0 Å². The van der Waals surface area contributed by atoms with Crippen LogP contribution in [0.1, 0.15) is 27.4 Å². The van der Waals surface area contributed by atoms with E-state index in [0.29, 0.717) is 16.5 Å². The molecule has 2 atom stereocenters. The average molecular weight is 237 g/mol. The van der Waals surface area contributed by atoms with Gasteiger partial charge in [-0.05, 0) is 24.1 Å². The van der Waals surface area contributed by atoms with E-state index in [0.717, 1.165) is 24.2 Å². The van der Waals surface area contributed by atoms with Crippen molar-refractivity contribution in [2.75, 3.05) is 13.1 Å². The Kier molecular flexibility index (Phi) is 2.19. The van der Waals surface area contributed by atoms with Crippen LogP contribution < -0.4 is 10.6 Å². The molecule has 3 nitrogen and oxygen atoms in total. The first-order valence-corrected chi connectivity index (χ1v) is 5.87. The molecule has 4 heteroatoms. The molecule has 16 heavy (non-hydrogen) atoms. The van der Waals surface area contributed by atoms with Gasteiger partial charge in [0.15, 0.2) is 0 Å². The minimum absolute atomic E-state index is 0.0337. The zero-order chi connectivity index (χ0) is 11.3. The molecule has 0 aromatic heterocycles. The van der Waals surface area contributed by atoms with Crippen LogP contribution in [-0.2, 0) is 0 Å². The molecule has 1 aromatic rings. The molecular weight excluding hydrogens is 224 g/mol. The van der Waals surface area contributed by atoms with Crippen molar-refractivity contribution in [3.63, 3.8) is 0 Å². The Balaban J connectivity index is 2.24. The van der Waals surface area contributed by atoms with Crippen LogP contribution in [0.4, 0.5) is 0 Å². The fourth-order valence-electron chi connectivity index (χ4n) is 2.78. The van der Waals surface area contributed by atoms with Crippen LogP contribution in [0.2, 0.25) is 5.02 Å². The van der Waals surface area contributed by atoms with Gasteiger partial charge in [0.1, 0.15) is 0 Å². The van der Waals surface area contributed by atoms with Gasteiger partial charge in [-0.3, -0.25) is 4.79 Å². The molecule has 0 radical (unpaired) electrons. The van der Waals surface area contributed by atoms with Gasteiger partial charge in [-0.1, -0.05) is 17.7 Å². The summed E-state index contributed by atoms with van der Waals surface area (Å²) >= 11 is 6.12. The molecule has 2 N–H and O–H groups in total. The first-order chi connectivity index (χ1) is 7.68. The molecule has 0 aliphatic carbocycles. The summed E-state index contributed by atoms with van der Waals surface area (Å²) in [7, 11) is 0. The molecule has 2 heterocycles. The molecule has 0 spiro atoms. The van der Waals surface area contributed by atoms with Crippen molar-refractivity contribution < 1.29 is 4.79 Å². The zero-order valence-corrected chi connectivity index (χ0v) is 9.77. The third-order valence-electron chi connectivity index (χ3n) is 3.54. The lowest BCUT2D eigenvalue weighted by Crippen LogP contribution is -2.44. The molecule has 1 aromatic carbocycles. The minimum atomic E-state index is -0.0337. The zero-order valence-electron chi connectivity index (χ0n) is 9.01. The fourth-order valence-corrected chi connectivity index (χ4v) is 3.03. The highest BCUT2D eigenvalue weighted by molar-refractivity contribution is 6.34. The summed E-state index contributed by atoms with van der Waals surface area (Å²) in [5.74, 6) is 0.333. The van der Waals surface area contributed by atoms with Crippen LogP contribution in [0.15, 0.2) is 12.1 Å². The Hall–Kier alpha value is -1.06. The number of halogens is 1. The van der Waals surface area contributed by atoms with E-state index in [1.165, 1.54) is 0 Å². The summed E-state index contributed by atoms with van der Waals surface area (Å²) in [6, 6.07) is 4.02. The second-order valence-corrected chi connectivity index (χ2v) is 4.90. The summed E-state index contributed by atoms with van der Waals surface area (Å²) in [5.41, 5.74) is 2.96. The lowest BCUT2D eigenvalue weighted by Gasteiger charge is -2.30. The number of carbonyl (C=O) groups excluding carboxylic acids is 1. The standard InChI is InChI=1S/C12H13ClN2O/c1-6-2-3-8(13)11-10(6)7-4-14-5-9(7)15-12(11)16/h2-3,7,9,14H,4-5H2,1H3,(H,15,16)/t7-,9-/m1/s1. The van der Waals surface area contributed by atoms with Gasteiger partial charge >= 0.3 is 0 Å². The van der Waals surface area contributed by atoms with E-state index in [1.54, 1.807) is 6.07 Å². The van der Waals surface area contributed by atoms with Gasteiger partial charge in [0.2, 0.25) is 0 Å². The molecule has 0 saturated carbocycles. The van der Waals surface area contributed by atoms with Crippen molar-refractivity contribution in [3.05, 3.63) is 33.8 Å². The molecule has 2 aliphatic heterocycles. The van der Waals surface area contributed by atoms with E-state index in [9.17, 15) is 4.79 Å². The Morgan fingerprint density at radius 1 is 1.38 bits per heavy atom. The SMILES string of the molecule is Cc1ccc(Cl)c2c1[C@@H]1CNC[C@H]1NC2=O. The first-order valence-electron chi connectivity index (χ1n) is 5.49. The van der Waals surface area contributed by atoms with E-state index in [2.05, 4.69) is 10.6 Å². The highest BCUT2D eigenvalue weighted by Crippen LogP contribution is 2.36. The van der Waals surface area contributed by atoms with Crippen molar-refractivity contribution in [2.24, 2.45) is 0 Å². The molecule has 0 bridgehead atoms. The van der Waals surface area contributed by atoms with E-state index >= 15 is 0 Å². The monoisotopic (exact) mass is 236 g/mol. The Morgan fingerprint density at radius 3 is 3.00 bits per heavy atom. The number of hydrogen-bond donors (Lipinski definition) is 2. The lowest BCUT2D eigenvalue weighted by atomic mass is 9.83. The highest BCUT2D eigenvalue weighted by Gasteiger charge is 2.38. The predicted octanol–water partition coefficient (Wildman–Crippen LogP) is 1.45. The molecule has 0 unspecified atom stereocenters. The largest absolute Gasteiger partial charge is 0.347 e. The number of hydrogen-bond acceptors (Lipinski definition) is 2. The molecule has 1 amide bonds. The van der Waals surface area contributed by atoms with Gasteiger partial charge in [0.05, 0.1) is 10.6 Å². The third kappa shape index (κ3) is 1.28. The molecule has 1 saturated heterocycles. The summed E-state index contributed by atoms with van der Waals surface area (Å²) in [6.07, 6.45) is 0. The molecule has 84 valence electrons. The van der Waals surface area contributed by atoms with Crippen molar-refractivity contribution in [2.45, 2.75) is 18.9 Å². The van der Waals surface area contributed by atoms with Crippen LogP contribution in [0, 0.1) is 6.92 Å². The maximum Gasteiger partial charge on any atom is 0.253 e. The molecular formula is C12H13ClN2O. The Bertz CT molecular complexity index is 472. The summed E-state index contributed by atoms with van der Waals surface area (Å²) in [4.78, 5) is 12.0. The number of nitrogens with one attached hydrogen (secondary N) is 2. The maximum atomic E-state index is 12.0. The second kappa shape index (κ2) is 3.47. The summed E-state index contributed by atoms with van der Waals surface area (Å²) in [5, 5.41) is 6.89. The number of amides is 1. The topological polar surface area (TPSA) is 41.1 Å². The van der Waals surface area contributed by atoms with Gasteiger partial charge in [-0.2, -0.15) is 0 Å². The van der Waals surface area contributed by atoms with Gasteiger partial charge in [-0.15, -0.1) is 0 Å². The normalized spacial score (nSPS) is 27.2. The lowest BCUT2D eigenvalue weighted by molar-refractivity contribution is 0.0924. The molecule has 1 fully saturated rings. The number of carbonyl (C=O) groups is 1. The number of aryl methyl sites for hydroxylation is 1. The maximum absolute atomic E-state index is 12.0. The van der Waals surface area contributed by atoms with Gasteiger partial charge in [0.25, 0.3) is 5.91 Å². The van der Waals surface area contributed by atoms with Crippen molar-refractivity contribution >= 4 is 17.5 Å². The van der Waals surface area contributed by atoms with Crippen molar-refractivity contribution in [1.29, 1.82) is 0 Å². The van der Waals surface area contributed by atoms with E-state index in [1.807, 2.05) is 13.0 Å². The Morgan fingerprint density at radius 2 is 2.19 bits per heavy atom. The second-order valence-electron chi connectivity index (χ2n) is 4.50. The molecule has 2 aliphatic rings. The van der Waals surface area contributed by atoms with Crippen LogP contribution >= 0.6 is 11.6 Å². The van der Waals surface area contributed by atoms with E-state index in [4.69, 9.17) is 11.6 Å². The highest BCUT2D eigenvalue weighted by atomic mass is 35.5. The third-order valence-corrected chi connectivity index (χ3v) is 3.86.